The first kappa shape index (κ1) is 33.2. The highest BCUT2D eigenvalue weighted by molar-refractivity contribution is 5.81. The molecule has 1 N–H and O–H groups in total. The van der Waals surface area contributed by atoms with Crippen LogP contribution in [0.4, 0.5) is 5.69 Å². The molecule has 4 rings (SSSR count). The third-order valence-electron chi connectivity index (χ3n) is 6.75. The molecule has 2 nitrogen and oxygen atoms in total. The molecule has 1 aromatic rings. The molecule has 0 aromatic heterocycles. The van der Waals surface area contributed by atoms with Gasteiger partial charge in [0.1, 0.15) is 0 Å². The molecule has 1 aromatic carbocycles. The number of hydrogen-bond acceptors (Lipinski definition) is 2. The molecule has 0 saturated heterocycles. The van der Waals surface area contributed by atoms with Crippen molar-refractivity contribution in [2.75, 3.05) is 19.0 Å². The van der Waals surface area contributed by atoms with Crippen LogP contribution in [0.5, 0.6) is 0 Å². The SMILES string of the molecule is C=C(C)C.C=Cc1cc2c(c(N(C)C)c1/C=C(\C)C1CC1)CC(C)C2.CC(C)(C)O.CC1CC(C)(C)C1. The van der Waals surface area contributed by atoms with Crippen molar-refractivity contribution in [1.82, 2.24) is 0 Å². The third-order valence-corrected chi connectivity index (χ3v) is 6.75. The molecule has 3 aliphatic carbocycles. The summed E-state index contributed by atoms with van der Waals surface area (Å²) in [5.41, 5.74) is 10.1. The molecule has 0 aliphatic heterocycles. The summed E-state index contributed by atoms with van der Waals surface area (Å²) in [6.45, 7) is 28.4. The number of aliphatic hydroxyl groups is 1. The smallest absolute Gasteiger partial charge is 0.0563 e. The number of allylic oxidation sites excluding steroid dienone is 2. The van der Waals surface area contributed by atoms with Crippen LogP contribution in [0.3, 0.4) is 0 Å². The van der Waals surface area contributed by atoms with Crippen molar-refractivity contribution >= 4 is 17.8 Å². The van der Waals surface area contributed by atoms with Crippen molar-refractivity contribution in [3.63, 3.8) is 0 Å². The van der Waals surface area contributed by atoms with Crippen LogP contribution in [0.15, 0.2) is 30.4 Å². The molecule has 2 heteroatoms. The maximum Gasteiger partial charge on any atom is 0.0563 e. The lowest BCUT2D eigenvalue weighted by atomic mass is 9.65. The Labute approximate surface area is 230 Å². The second-order valence-corrected chi connectivity index (χ2v) is 14.2. The fourth-order valence-corrected chi connectivity index (χ4v) is 5.55. The van der Waals surface area contributed by atoms with Gasteiger partial charge >= 0.3 is 0 Å². The van der Waals surface area contributed by atoms with E-state index in [2.05, 4.69) is 78.9 Å². The van der Waals surface area contributed by atoms with Crippen LogP contribution in [-0.4, -0.2) is 24.8 Å². The third kappa shape index (κ3) is 12.5. The van der Waals surface area contributed by atoms with Gasteiger partial charge in [-0.2, -0.15) is 0 Å². The molecule has 1 atom stereocenters. The van der Waals surface area contributed by atoms with Gasteiger partial charge in [-0.25, -0.2) is 0 Å². The topological polar surface area (TPSA) is 23.5 Å². The van der Waals surface area contributed by atoms with Crippen LogP contribution < -0.4 is 4.90 Å². The lowest BCUT2D eigenvalue weighted by molar-refractivity contribution is 0.102. The summed E-state index contributed by atoms with van der Waals surface area (Å²) in [7, 11) is 4.35. The van der Waals surface area contributed by atoms with Gasteiger partial charge in [-0.15, -0.1) is 6.58 Å². The van der Waals surface area contributed by atoms with Crippen LogP contribution in [-0.2, 0) is 12.8 Å². The number of fused-ring (bicyclic) bond motifs is 1. The lowest BCUT2D eigenvalue weighted by Gasteiger charge is -2.40. The summed E-state index contributed by atoms with van der Waals surface area (Å²) in [5, 5.41) is 8.52. The zero-order chi connectivity index (χ0) is 28.7. The van der Waals surface area contributed by atoms with E-state index < -0.39 is 5.60 Å². The molecule has 0 spiro atoms. The second-order valence-electron chi connectivity index (χ2n) is 14.2. The average molecular weight is 510 g/mol. The van der Waals surface area contributed by atoms with Crippen molar-refractivity contribution in [3.05, 3.63) is 52.6 Å². The first-order chi connectivity index (χ1) is 16.8. The maximum absolute atomic E-state index is 8.52. The predicted octanol–water partition coefficient (Wildman–Crippen LogP) is 9.75. The Morgan fingerprint density at radius 3 is 1.84 bits per heavy atom. The maximum atomic E-state index is 8.52. The van der Waals surface area contributed by atoms with Gasteiger partial charge in [0, 0.05) is 25.3 Å². The van der Waals surface area contributed by atoms with Gasteiger partial charge in [0.05, 0.1) is 5.60 Å². The average Bonchev–Trinajstić information content (AvgIpc) is 3.46. The molecule has 210 valence electrons. The van der Waals surface area contributed by atoms with Gasteiger partial charge in [-0.05, 0) is 120 Å². The van der Waals surface area contributed by atoms with Crippen molar-refractivity contribution in [2.24, 2.45) is 23.2 Å². The monoisotopic (exact) mass is 509 g/mol. The zero-order valence-corrected chi connectivity index (χ0v) is 26.5. The normalized spacial score (nSPS) is 20.0. The van der Waals surface area contributed by atoms with E-state index in [1.54, 1.807) is 26.3 Å². The van der Waals surface area contributed by atoms with Crippen LogP contribution in [0.1, 0.15) is 117 Å². The van der Waals surface area contributed by atoms with Gasteiger partial charge in [0.25, 0.3) is 0 Å². The first-order valence-electron chi connectivity index (χ1n) is 14.4. The highest BCUT2D eigenvalue weighted by Gasteiger charge is 2.32. The molecule has 0 heterocycles. The van der Waals surface area contributed by atoms with Crippen LogP contribution in [0.25, 0.3) is 12.2 Å². The largest absolute Gasteiger partial charge is 0.391 e. The highest BCUT2D eigenvalue weighted by Crippen LogP contribution is 2.44. The van der Waals surface area contributed by atoms with Crippen LogP contribution in [0, 0.1) is 23.2 Å². The highest BCUT2D eigenvalue weighted by atomic mass is 16.3. The minimum Gasteiger partial charge on any atom is -0.391 e. The number of nitrogens with zero attached hydrogens (tertiary/aromatic N) is 1. The molecule has 2 saturated carbocycles. The molecular weight excluding hydrogens is 450 g/mol. The van der Waals surface area contributed by atoms with E-state index in [1.165, 1.54) is 72.0 Å². The summed E-state index contributed by atoms with van der Waals surface area (Å²) in [6, 6.07) is 2.38. The molecular formula is C35H59NO. The minimum absolute atomic E-state index is 0.500. The summed E-state index contributed by atoms with van der Waals surface area (Å²) in [5.74, 6) is 2.60. The molecule has 2 fully saturated rings. The molecule has 0 amide bonds. The number of hydrogen-bond donors (Lipinski definition) is 1. The van der Waals surface area contributed by atoms with E-state index in [1.807, 2.05) is 19.9 Å². The van der Waals surface area contributed by atoms with Crippen molar-refractivity contribution in [2.45, 2.75) is 113 Å². The lowest BCUT2D eigenvalue weighted by Crippen LogP contribution is -2.29. The fraction of sp³-hybridized carbons (Fsp3) is 0.657. The number of anilines is 1. The van der Waals surface area contributed by atoms with E-state index in [-0.39, 0.29) is 0 Å². The first-order valence-corrected chi connectivity index (χ1v) is 14.4. The van der Waals surface area contributed by atoms with Gasteiger partial charge in [-0.3, -0.25) is 0 Å². The van der Waals surface area contributed by atoms with Gasteiger partial charge in [0.2, 0.25) is 0 Å². The van der Waals surface area contributed by atoms with Gasteiger partial charge in [0.15, 0.2) is 0 Å². The number of rotatable bonds is 4. The summed E-state index contributed by atoms with van der Waals surface area (Å²) < 4.78 is 0. The second kappa shape index (κ2) is 13.8. The summed E-state index contributed by atoms with van der Waals surface area (Å²) in [4.78, 5) is 2.30. The van der Waals surface area contributed by atoms with Gasteiger partial charge < -0.3 is 10.0 Å². The Bertz CT molecular complexity index is 919. The molecule has 0 radical (unpaired) electrons. The molecule has 37 heavy (non-hydrogen) atoms. The number of benzene rings is 1. The molecule has 3 aliphatic rings. The van der Waals surface area contributed by atoms with Crippen molar-refractivity contribution < 1.29 is 5.11 Å². The standard InChI is InChI=1S/C20H27N.C7H14.C4H10O.C4H8/c1-6-15-12-17-9-13(2)10-18(17)20(21(4)5)19(15)11-14(3)16-7-8-16;1-6-4-7(2,3)5-6;1-4(2,3)5;1-4(2)3/h6,11-13,16H,1,7-10H2,2-5H3;6H,4-5H2,1-3H3;5H,1-3H3;1H2,2-3H3/b14-11+;;;. The quantitative estimate of drug-likeness (QED) is 0.408. The Morgan fingerprint density at radius 1 is 1.03 bits per heavy atom. The summed E-state index contributed by atoms with van der Waals surface area (Å²) >= 11 is 0. The van der Waals surface area contributed by atoms with E-state index in [0.29, 0.717) is 5.41 Å². The Kier molecular flexibility index (Phi) is 12.4. The van der Waals surface area contributed by atoms with Crippen LogP contribution in [0.2, 0.25) is 0 Å². The van der Waals surface area contributed by atoms with E-state index in [9.17, 15) is 0 Å². The molecule has 0 bridgehead atoms. The summed E-state index contributed by atoms with van der Waals surface area (Å²) in [6.07, 6.45) is 12.5. The van der Waals surface area contributed by atoms with E-state index >= 15 is 0 Å². The zero-order valence-electron chi connectivity index (χ0n) is 26.5. The van der Waals surface area contributed by atoms with Crippen molar-refractivity contribution in [3.8, 4) is 0 Å². The van der Waals surface area contributed by atoms with Crippen LogP contribution >= 0.6 is 0 Å². The minimum atomic E-state index is -0.500. The van der Waals surface area contributed by atoms with Gasteiger partial charge in [-0.1, -0.05) is 63.6 Å². The van der Waals surface area contributed by atoms with E-state index in [0.717, 1.165) is 17.8 Å². The fourth-order valence-electron chi connectivity index (χ4n) is 5.55. The Balaban J connectivity index is 0.000000349. The Hall–Kier alpha value is -1.80. The van der Waals surface area contributed by atoms with E-state index in [4.69, 9.17) is 5.11 Å². The Morgan fingerprint density at radius 2 is 1.51 bits per heavy atom. The van der Waals surface area contributed by atoms with Crippen molar-refractivity contribution in [1.29, 1.82) is 0 Å². The molecule has 1 unspecified atom stereocenters. The predicted molar refractivity (Wildman–Crippen MR) is 168 cm³/mol.